The van der Waals surface area contributed by atoms with Crippen molar-refractivity contribution in [3.05, 3.63) is 11.8 Å². The summed E-state index contributed by atoms with van der Waals surface area (Å²) in [5.41, 5.74) is 0. The Kier molecular flexibility index (Phi) is 5.40. The number of carbonyl (C=O) groups excluding carboxylic acids is 1. The lowest BCUT2D eigenvalue weighted by Gasteiger charge is -2.20. The Hall–Kier alpha value is -0.830. The summed E-state index contributed by atoms with van der Waals surface area (Å²) in [6.45, 7) is 3.33. The molecule has 1 unspecified atom stereocenters. The number of carbonyl (C=O) groups is 1. The molecule has 0 saturated heterocycles. The van der Waals surface area contributed by atoms with E-state index in [1.165, 1.54) is 0 Å². The van der Waals surface area contributed by atoms with Crippen LogP contribution in [0.2, 0.25) is 0 Å². The average molecular weight is 212 g/mol. The molecule has 0 bridgehead atoms. The van der Waals surface area contributed by atoms with E-state index in [1.807, 2.05) is 6.92 Å². The largest absolute Gasteiger partial charge is 0.498 e. The Balaban J connectivity index is 2.35. The first-order chi connectivity index (χ1) is 7.27. The quantitative estimate of drug-likeness (QED) is 0.634. The number of ketones is 1. The number of rotatable bonds is 6. The standard InChI is InChI=1S/C12H20O3/c1-3-15-11-7-6-10(12(13)9-11)5-4-8-14-2/h9-10H,3-8H2,1-2H3. The van der Waals surface area contributed by atoms with E-state index in [1.54, 1.807) is 13.2 Å². The lowest BCUT2D eigenvalue weighted by molar-refractivity contribution is -0.119. The molecule has 0 radical (unpaired) electrons. The number of hydrogen-bond acceptors (Lipinski definition) is 3. The molecule has 0 aromatic rings. The highest BCUT2D eigenvalue weighted by molar-refractivity contribution is 5.92. The molecule has 0 amide bonds. The van der Waals surface area contributed by atoms with Gasteiger partial charge in [0.15, 0.2) is 5.78 Å². The van der Waals surface area contributed by atoms with Gasteiger partial charge in [-0.1, -0.05) is 0 Å². The van der Waals surface area contributed by atoms with Crippen molar-refractivity contribution in [3.8, 4) is 0 Å². The van der Waals surface area contributed by atoms with Crippen LogP contribution in [0.4, 0.5) is 0 Å². The SMILES string of the molecule is CCOC1=CC(=O)C(CCCOC)CC1. The van der Waals surface area contributed by atoms with Crippen molar-refractivity contribution in [2.24, 2.45) is 5.92 Å². The highest BCUT2D eigenvalue weighted by Gasteiger charge is 2.22. The fourth-order valence-electron chi connectivity index (χ4n) is 1.87. The first-order valence-electron chi connectivity index (χ1n) is 5.64. The van der Waals surface area contributed by atoms with E-state index < -0.39 is 0 Å². The molecule has 0 heterocycles. The van der Waals surface area contributed by atoms with Gasteiger partial charge in [-0.15, -0.1) is 0 Å². The second kappa shape index (κ2) is 6.62. The molecule has 0 saturated carbocycles. The molecular weight excluding hydrogens is 192 g/mol. The Morgan fingerprint density at radius 3 is 2.93 bits per heavy atom. The molecular formula is C12H20O3. The summed E-state index contributed by atoms with van der Waals surface area (Å²) in [5.74, 6) is 1.26. The zero-order valence-corrected chi connectivity index (χ0v) is 9.62. The summed E-state index contributed by atoms with van der Waals surface area (Å²) in [7, 11) is 1.69. The maximum Gasteiger partial charge on any atom is 0.162 e. The zero-order valence-electron chi connectivity index (χ0n) is 9.62. The van der Waals surface area contributed by atoms with Gasteiger partial charge in [-0.3, -0.25) is 4.79 Å². The molecule has 15 heavy (non-hydrogen) atoms. The van der Waals surface area contributed by atoms with E-state index in [4.69, 9.17) is 9.47 Å². The summed E-state index contributed by atoms with van der Waals surface area (Å²) < 4.78 is 10.3. The van der Waals surface area contributed by atoms with E-state index in [2.05, 4.69) is 0 Å². The molecule has 0 aromatic carbocycles. The van der Waals surface area contributed by atoms with Crippen LogP contribution in [0.1, 0.15) is 32.6 Å². The van der Waals surface area contributed by atoms with Crippen LogP contribution in [0.3, 0.4) is 0 Å². The second-order valence-corrected chi connectivity index (χ2v) is 3.82. The fraction of sp³-hybridized carbons (Fsp3) is 0.750. The molecule has 1 atom stereocenters. The first-order valence-corrected chi connectivity index (χ1v) is 5.64. The van der Waals surface area contributed by atoms with Gasteiger partial charge in [-0.2, -0.15) is 0 Å². The van der Waals surface area contributed by atoms with Crippen molar-refractivity contribution in [1.29, 1.82) is 0 Å². The van der Waals surface area contributed by atoms with E-state index in [0.29, 0.717) is 6.61 Å². The van der Waals surface area contributed by atoms with Crippen molar-refractivity contribution in [2.45, 2.75) is 32.6 Å². The van der Waals surface area contributed by atoms with Gasteiger partial charge >= 0.3 is 0 Å². The van der Waals surface area contributed by atoms with Crippen LogP contribution in [0, 0.1) is 5.92 Å². The maximum absolute atomic E-state index is 11.7. The van der Waals surface area contributed by atoms with Crippen molar-refractivity contribution in [1.82, 2.24) is 0 Å². The normalized spacial score (nSPS) is 21.3. The number of ether oxygens (including phenoxy) is 2. The molecule has 0 aromatic heterocycles. The predicted molar refractivity (Wildman–Crippen MR) is 58.6 cm³/mol. The van der Waals surface area contributed by atoms with Crippen molar-refractivity contribution < 1.29 is 14.3 Å². The predicted octanol–water partition coefficient (Wildman–Crippen LogP) is 2.31. The van der Waals surface area contributed by atoms with Crippen LogP contribution in [0.15, 0.2) is 11.8 Å². The molecule has 86 valence electrons. The van der Waals surface area contributed by atoms with Crippen molar-refractivity contribution in [3.63, 3.8) is 0 Å². The number of allylic oxidation sites excluding steroid dienone is 2. The molecule has 1 rings (SSSR count). The summed E-state index contributed by atoms with van der Waals surface area (Å²) in [4.78, 5) is 11.7. The third kappa shape index (κ3) is 4.04. The molecule has 1 aliphatic carbocycles. The highest BCUT2D eigenvalue weighted by atomic mass is 16.5. The summed E-state index contributed by atoms with van der Waals surface area (Å²) in [6, 6.07) is 0. The van der Waals surface area contributed by atoms with E-state index >= 15 is 0 Å². The Labute approximate surface area is 91.4 Å². The van der Waals surface area contributed by atoms with Crippen LogP contribution >= 0.6 is 0 Å². The summed E-state index contributed by atoms with van der Waals surface area (Å²) in [6.07, 6.45) is 5.39. The lowest BCUT2D eigenvalue weighted by Crippen LogP contribution is -2.18. The molecule has 0 spiro atoms. The number of methoxy groups -OCH3 is 1. The smallest absolute Gasteiger partial charge is 0.162 e. The molecule has 0 fully saturated rings. The van der Waals surface area contributed by atoms with Gasteiger partial charge in [-0.05, 0) is 26.2 Å². The van der Waals surface area contributed by atoms with Crippen LogP contribution in [-0.2, 0) is 14.3 Å². The minimum atomic E-state index is 0.185. The monoisotopic (exact) mass is 212 g/mol. The molecule has 0 N–H and O–H groups in total. The van der Waals surface area contributed by atoms with Gasteiger partial charge in [0.25, 0.3) is 0 Å². The first kappa shape index (κ1) is 12.2. The Morgan fingerprint density at radius 2 is 2.33 bits per heavy atom. The fourth-order valence-corrected chi connectivity index (χ4v) is 1.87. The minimum Gasteiger partial charge on any atom is -0.498 e. The molecule has 3 heteroatoms. The van der Waals surface area contributed by atoms with Crippen molar-refractivity contribution in [2.75, 3.05) is 20.3 Å². The van der Waals surface area contributed by atoms with E-state index in [0.717, 1.165) is 38.0 Å². The van der Waals surface area contributed by atoms with Gasteiger partial charge in [0.2, 0.25) is 0 Å². The average Bonchev–Trinajstić information content (AvgIpc) is 2.22. The lowest BCUT2D eigenvalue weighted by atomic mass is 9.88. The third-order valence-corrected chi connectivity index (χ3v) is 2.68. The van der Waals surface area contributed by atoms with Crippen molar-refractivity contribution >= 4 is 5.78 Å². The Morgan fingerprint density at radius 1 is 1.53 bits per heavy atom. The van der Waals surface area contributed by atoms with Crippen LogP contribution in [0.25, 0.3) is 0 Å². The van der Waals surface area contributed by atoms with E-state index in [-0.39, 0.29) is 11.7 Å². The maximum atomic E-state index is 11.7. The second-order valence-electron chi connectivity index (χ2n) is 3.82. The van der Waals surface area contributed by atoms with Gasteiger partial charge in [0.05, 0.1) is 12.4 Å². The van der Waals surface area contributed by atoms with Gasteiger partial charge in [0.1, 0.15) is 0 Å². The molecule has 0 aliphatic heterocycles. The van der Waals surface area contributed by atoms with E-state index in [9.17, 15) is 4.79 Å². The van der Waals surface area contributed by atoms with Gasteiger partial charge < -0.3 is 9.47 Å². The minimum absolute atomic E-state index is 0.185. The summed E-state index contributed by atoms with van der Waals surface area (Å²) in [5, 5.41) is 0. The van der Waals surface area contributed by atoms with Gasteiger partial charge in [0, 0.05) is 32.1 Å². The highest BCUT2D eigenvalue weighted by Crippen LogP contribution is 2.24. The third-order valence-electron chi connectivity index (χ3n) is 2.68. The molecule has 3 nitrogen and oxygen atoms in total. The summed E-state index contributed by atoms with van der Waals surface area (Å²) >= 11 is 0. The number of hydrogen-bond donors (Lipinski definition) is 0. The van der Waals surface area contributed by atoms with Crippen LogP contribution in [-0.4, -0.2) is 26.1 Å². The van der Waals surface area contributed by atoms with Crippen LogP contribution < -0.4 is 0 Å². The zero-order chi connectivity index (χ0) is 11.1. The molecule has 1 aliphatic rings. The van der Waals surface area contributed by atoms with Crippen LogP contribution in [0.5, 0.6) is 0 Å². The Bertz CT molecular complexity index is 233. The topological polar surface area (TPSA) is 35.5 Å². The van der Waals surface area contributed by atoms with Gasteiger partial charge in [-0.25, -0.2) is 0 Å².